The summed E-state index contributed by atoms with van der Waals surface area (Å²) in [4.78, 5) is 12.6. The first kappa shape index (κ1) is 29.3. The molecule has 0 aromatic heterocycles. The highest BCUT2D eigenvalue weighted by Crippen LogP contribution is 2.36. The number of benzene rings is 2. The van der Waals surface area contributed by atoms with E-state index in [-0.39, 0.29) is 5.97 Å². The predicted octanol–water partition coefficient (Wildman–Crippen LogP) is 9.96. The van der Waals surface area contributed by atoms with Gasteiger partial charge in [-0.15, -0.1) is 0 Å². The molecule has 2 unspecified atom stereocenters. The van der Waals surface area contributed by atoms with E-state index in [4.69, 9.17) is 9.47 Å². The molecule has 3 heteroatoms. The molecule has 2 aromatic rings. The Balaban J connectivity index is 1.35. The fraction of sp³-hybridized carbons (Fsp3) is 0.618. The molecule has 0 amide bonds. The molecule has 0 bridgehead atoms. The Labute approximate surface area is 226 Å². The predicted molar refractivity (Wildman–Crippen MR) is 155 cm³/mol. The minimum atomic E-state index is -0.330. The molecule has 0 N–H and O–H groups in total. The lowest BCUT2D eigenvalue weighted by Crippen LogP contribution is -2.20. The maximum Gasteiger partial charge on any atom is 0.343 e. The van der Waals surface area contributed by atoms with E-state index < -0.39 is 0 Å². The van der Waals surface area contributed by atoms with Crippen LogP contribution in [0.4, 0.5) is 0 Å². The highest BCUT2D eigenvalue weighted by Gasteiger charge is 2.24. The van der Waals surface area contributed by atoms with Crippen LogP contribution in [0.15, 0.2) is 48.5 Å². The van der Waals surface area contributed by atoms with Gasteiger partial charge in [0.25, 0.3) is 0 Å². The van der Waals surface area contributed by atoms with Gasteiger partial charge < -0.3 is 9.47 Å². The van der Waals surface area contributed by atoms with Crippen LogP contribution in [-0.4, -0.2) is 12.6 Å². The second-order valence-corrected chi connectivity index (χ2v) is 11.0. The molecule has 0 aliphatic heterocycles. The first-order valence-electron chi connectivity index (χ1n) is 15.2. The number of hydrogen-bond donors (Lipinski definition) is 0. The summed E-state index contributed by atoms with van der Waals surface area (Å²) in [5, 5.41) is 0. The summed E-state index contributed by atoms with van der Waals surface area (Å²) in [7, 11) is 0. The minimum absolute atomic E-state index is 0.330. The summed E-state index contributed by atoms with van der Waals surface area (Å²) >= 11 is 0. The van der Waals surface area contributed by atoms with Gasteiger partial charge in [0.15, 0.2) is 0 Å². The average Bonchev–Trinajstić information content (AvgIpc) is 2.93. The Morgan fingerprint density at radius 3 is 1.97 bits per heavy atom. The third-order valence-electron chi connectivity index (χ3n) is 8.03. The SMILES string of the molecule is CCCCCCCC1CCCCC1CCCOc1ccc(C(=O)Oc2ccc(CCCCC)cc2)cc1. The van der Waals surface area contributed by atoms with E-state index in [1.54, 1.807) is 12.1 Å². The van der Waals surface area contributed by atoms with Gasteiger partial charge in [0.05, 0.1) is 12.2 Å². The zero-order chi connectivity index (χ0) is 26.1. The van der Waals surface area contributed by atoms with E-state index in [1.807, 2.05) is 24.3 Å². The van der Waals surface area contributed by atoms with Gasteiger partial charge in [-0.25, -0.2) is 4.79 Å². The zero-order valence-electron chi connectivity index (χ0n) is 23.5. The van der Waals surface area contributed by atoms with Crippen molar-refractivity contribution < 1.29 is 14.3 Å². The van der Waals surface area contributed by atoms with Crippen LogP contribution in [0, 0.1) is 11.8 Å². The van der Waals surface area contributed by atoms with Crippen LogP contribution >= 0.6 is 0 Å². The van der Waals surface area contributed by atoms with Crippen LogP contribution in [0.1, 0.15) is 126 Å². The number of hydrogen-bond acceptors (Lipinski definition) is 3. The van der Waals surface area contributed by atoms with Crippen LogP contribution in [0.25, 0.3) is 0 Å². The van der Waals surface area contributed by atoms with Gasteiger partial charge in [0.1, 0.15) is 11.5 Å². The number of carbonyl (C=O) groups excluding carboxylic acids is 1. The maximum atomic E-state index is 12.6. The van der Waals surface area contributed by atoms with E-state index in [0.29, 0.717) is 11.3 Å². The van der Waals surface area contributed by atoms with Crippen LogP contribution in [0.2, 0.25) is 0 Å². The molecular weight excluding hydrogens is 456 g/mol. The largest absolute Gasteiger partial charge is 0.494 e. The lowest BCUT2D eigenvalue weighted by Gasteiger charge is -2.31. The summed E-state index contributed by atoms with van der Waals surface area (Å²) in [5.74, 6) is 2.89. The number of carbonyl (C=O) groups is 1. The molecule has 37 heavy (non-hydrogen) atoms. The van der Waals surface area contributed by atoms with E-state index in [2.05, 4.69) is 26.0 Å². The molecule has 0 heterocycles. The van der Waals surface area contributed by atoms with E-state index in [0.717, 1.165) is 37.0 Å². The highest BCUT2D eigenvalue weighted by molar-refractivity contribution is 5.91. The average molecular weight is 507 g/mol. The van der Waals surface area contributed by atoms with Crippen molar-refractivity contribution in [3.8, 4) is 11.5 Å². The Hall–Kier alpha value is -2.29. The summed E-state index contributed by atoms with van der Waals surface area (Å²) in [6.07, 6.45) is 21.2. The molecule has 1 saturated carbocycles. The molecule has 1 fully saturated rings. The first-order valence-corrected chi connectivity index (χ1v) is 15.2. The normalized spacial score (nSPS) is 17.5. The summed E-state index contributed by atoms with van der Waals surface area (Å²) < 4.78 is 11.6. The van der Waals surface area contributed by atoms with Crippen LogP contribution in [0.3, 0.4) is 0 Å². The van der Waals surface area contributed by atoms with Crippen molar-refractivity contribution in [2.75, 3.05) is 6.61 Å². The first-order chi connectivity index (χ1) is 18.2. The van der Waals surface area contributed by atoms with Gasteiger partial charge >= 0.3 is 5.97 Å². The van der Waals surface area contributed by atoms with Crippen LogP contribution < -0.4 is 9.47 Å². The Morgan fingerprint density at radius 2 is 1.30 bits per heavy atom. The highest BCUT2D eigenvalue weighted by atomic mass is 16.5. The molecule has 3 nitrogen and oxygen atoms in total. The number of aryl methyl sites for hydroxylation is 1. The summed E-state index contributed by atoms with van der Waals surface area (Å²) in [5.41, 5.74) is 1.83. The van der Waals surface area contributed by atoms with Gasteiger partial charge in [-0.1, -0.05) is 103 Å². The molecule has 204 valence electrons. The second kappa shape index (κ2) is 17.3. The molecule has 0 spiro atoms. The Kier molecular flexibility index (Phi) is 13.7. The molecule has 2 aromatic carbocycles. The Bertz CT molecular complexity index is 871. The molecular formula is C34H50O3. The third-order valence-corrected chi connectivity index (χ3v) is 8.03. The molecule has 1 aliphatic carbocycles. The fourth-order valence-electron chi connectivity index (χ4n) is 5.75. The van der Waals surface area contributed by atoms with E-state index in [1.165, 1.54) is 95.5 Å². The number of esters is 1. The lowest BCUT2D eigenvalue weighted by atomic mass is 9.74. The van der Waals surface area contributed by atoms with Crippen molar-refractivity contribution in [3.63, 3.8) is 0 Å². The summed E-state index contributed by atoms with van der Waals surface area (Å²) in [6, 6.07) is 15.2. The quantitative estimate of drug-likeness (QED) is 0.122. The van der Waals surface area contributed by atoms with Gasteiger partial charge in [-0.05, 0) is 79.5 Å². The molecule has 2 atom stereocenters. The molecule has 0 radical (unpaired) electrons. The van der Waals surface area contributed by atoms with Crippen molar-refractivity contribution in [1.82, 2.24) is 0 Å². The Morgan fingerprint density at radius 1 is 0.703 bits per heavy atom. The second-order valence-electron chi connectivity index (χ2n) is 11.0. The monoisotopic (exact) mass is 506 g/mol. The number of rotatable bonds is 17. The van der Waals surface area contributed by atoms with E-state index >= 15 is 0 Å². The summed E-state index contributed by atoms with van der Waals surface area (Å²) in [6.45, 7) is 5.25. The lowest BCUT2D eigenvalue weighted by molar-refractivity contribution is 0.0734. The smallest absolute Gasteiger partial charge is 0.343 e. The van der Waals surface area contributed by atoms with Crippen LogP contribution in [-0.2, 0) is 6.42 Å². The topological polar surface area (TPSA) is 35.5 Å². The molecule has 1 aliphatic rings. The standard InChI is InChI=1S/C34H50O3/c1-3-5-7-8-10-15-29-16-11-12-17-30(29)18-13-27-36-32-25-21-31(22-26-32)34(35)37-33-23-19-28(20-24-33)14-9-6-4-2/h19-26,29-30H,3-18,27H2,1-2H3. The van der Waals surface area contributed by atoms with Crippen molar-refractivity contribution >= 4 is 5.97 Å². The van der Waals surface area contributed by atoms with Crippen LogP contribution in [0.5, 0.6) is 11.5 Å². The van der Waals surface area contributed by atoms with Gasteiger partial charge in [0.2, 0.25) is 0 Å². The maximum absolute atomic E-state index is 12.6. The van der Waals surface area contributed by atoms with Gasteiger partial charge in [-0.3, -0.25) is 0 Å². The minimum Gasteiger partial charge on any atom is -0.494 e. The van der Waals surface area contributed by atoms with Crippen molar-refractivity contribution in [1.29, 1.82) is 0 Å². The third kappa shape index (κ3) is 10.9. The van der Waals surface area contributed by atoms with Crippen molar-refractivity contribution in [2.24, 2.45) is 11.8 Å². The molecule has 3 rings (SSSR count). The van der Waals surface area contributed by atoms with Crippen molar-refractivity contribution in [3.05, 3.63) is 59.7 Å². The number of unbranched alkanes of at least 4 members (excludes halogenated alkanes) is 6. The fourth-order valence-corrected chi connectivity index (χ4v) is 5.75. The zero-order valence-corrected chi connectivity index (χ0v) is 23.5. The van der Waals surface area contributed by atoms with Gasteiger partial charge in [0, 0.05) is 0 Å². The van der Waals surface area contributed by atoms with E-state index in [9.17, 15) is 4.79 Å². The molecule has 0 saturated heterocycles. The van der Waals surface area contributed by atoms with Crippen molar-refractivity contribution in [2.45, 2.75) is 117 Å². The van der Waals surface area contributed by atoms with Gasteiger partial charge in [-0.2, -0.15) is 0 Å². The number of ether oxygens (including phenoxy) is 2.